The molecule has 0 aromatic heterocycles. The van der Waals surface area contributed by atoms with Crippen LogP contribution in [0, 0.1) is 6.92 Å². The lowest BCUT2D eigenvalue weighted by atomic mass is 10.2. The number of aryl methyl sites for hydroxylation is 1. The van der Waals surface area contributed by atoms with Gasteiger partial charge >= 0.3 is 0 Å². The molecule has 0 spiro atoms. The van der Waals surface area contributed by atoms with Crippen LogP contribution < -0.4 is 9.86 Å². The summed E-state index contributed by atoms with van der Waals surface area (Å²) >= 11 is 0. The van der Waals surface area contributed by atoms with Gasteiger partial charge in [-0.2, -0.15) is 0 Å². The Labute approximate surface area is 137 Å². The number of hydrogen-bond acceptors (Lipinski definition) is 4. The molecule has 0 bridgehead atoms. The highest BCUT2D eigenvalue weighted by Gasteiger charge is 2.10. The van der Waals surface area contributed by atoms with E-state index >= 15 is 0 Å². The van der Waals surface area contributed by atoms with Crippen LogP contribution in [0.4, 0.5) is 0 Å². The number of sulfonamides is 2. The molecule has 0 amide bonds. The van der Waals surface area contributed by atoms with E-state index in [9.17, 15) is 16.8 Å². The van der Waals surface area contributed by atoms with Gasteiger partial charge in [-0.25, -0.2) is 26.7 Å². The summed E-state index contributed by atoms with van der Waals surface area (Å²) < 4.78 is 46.5. The van der Waals surface area contributed by atoms with E-state index < -0.39 is 20.0 Å². The third kappa shape index (κ3) is 6.49. The van der Waals surface area contributed by atoms with Crippen LogP contribution in [-0.2, 0) is 20.0 Å². The summed E-state index contributed by atoms with van der Waals surface area (Å²) in [6.45, 7) is 4.05. The highest BCUT2D eigenvalue weighted by atomic mass is 32.2. The van der Waals surface area contributed by atoms with E-state index in [0.29, 0.717) is 11.4 Å². The zero-order valence-electron chi connectivity index (χ0n) is 12.9. The first-order chi connectivity index (χ1) is 10.7. The van der Waals surface area contributed by atoms with Crippen molar-refractivity contribution in [3.05, 3.63) is 60.2 Å². The molecule has 0 unspecified atom stereocenters. The van der Waals surface area contributed by atoms with Gasteiger partial charge < -0.3 is 0 Å². The first kappa shape index (κ1) is 19.3. The lowest BCUT2D eigenvalue weighted by molar-refractivity contribution is 0.583. The van der Waals surface area contributed by atoms with Crippen LogP contribution in [0.2, 0.25) is 0 Å². The van der Waals surface area contributed by atoms with Crippen LogP contribution in [-0.4, -0.2) is 23.4 Å². The maximum absolute atomic E-state index is 11.3. The van der Waals surface area contributed by atoms with Gasteiger partial charge in [-0.05, 0) is 31.2 Å². The minimum absolute atomic E-state index is 0.156. The smallest absolute Gasteiger partial charge is 0.225 e. The van der Waals surface area contributed by atoms with E-state index in [0.717, 1.165) is 5.56 Å². The lowest BCUT2D eigenvalue weighted by Crippen LogP contribution is -2.22. The van der Waals surface area contributed by atoms with E-state index in [4.69, 9.17) is 5.14 Å². The number of nitrogens with one attached hydrogen (secondary N) is 1. The standard InChI is InChI=1S/C8H11NO2S.C7H9NO2S/c1-2-9-12(10,11)8-6-4-3-5-7-8;1-6-2-4-7(5-3-6)11(8,9)10/h3-7,9H,2H2,1H3;2-5H,1H3,(H2,8,9,10). The average molecular weight is 356 g/mol. The zero-order chi connectivity index (χ0) is 17.5. The summed E-state index contributed by atoms with van der Waals surface area (Å²) in [6.07, 6.45) is 0. The van der Waals surface area contributed by atoms with E-state index in [-0.39, 0.29) is 4.90 Å². The molecule has 3 N–H and O–H groups in total. The molecule has 0 fully saturated rings. The normalized spacial score (nSPS) is 11.4. The first-order valence-electron chi connectivity index (χ1n) is 6.81. The molecule has 2 aromatic rings. The maximum Gasteiger partial charge on any atom is 0.240 e. The predicted octanol–water partition coefficient (Wildman–Crippen LogP) is 1.63. The Balaban J connectivity index is 0.000000231. The number of benzene rings is 2. The van der Waals surface area contributed by atoms with Gasteiger partial charge in [0.05, 0.1) is 9.79 Å². The molecule has 0 aliphatic carbocycles. The summed E-state index contributed by atoms with van der Waals surface area (Å²) in [5, 5.41) is 4.88. The van der Waals surface area contributed by atoms with Crippen molar-refractivity contribution in [1.29, 1.82) is 0 Å². The topological polar surface area (TPSA) is 106 Å². The fraction of sp³-hybridized carbons (Fsp3) is 0.200. The third-order valence-corrected chi connectivity index (χ3v) is 5.23. The number of nitrogens with two attached hydrogens (primary N) is 1. The van der Waals surface area contributed by atoms with Crippen LogP contribution in [0.25, 0.3) is 0 Å². The molecule has 0 heterocycles. The third-order valence-electron chi connectivity index (χ3n) is 2.74. The maximum atomic E-state index is 11.3. The van der Waals surface area contributed by atoms with Gasteiger partial charge in [0.25, 0.3) is 0 Å². The van der Waals surface area contributed by atoms with E-state index in [1.54, 1.807) is 49.4 Å². The minimum atomic E-state index is -3.52. The quantitative estimate of drug-likeness (QED) is 0.868. The minimum Gasteiger partial charge on any atom is -0.225 e. The van der Waals surface area contributed by atoms with Crippen LogP contribution in [0.5, 0.6) is 0 Å². The molecule has 0 saturated heterocycles. The molecule has 126 valence electrons. The highest BCUT2D eigenvalue weighted by molar-refractivity contribution is 7.89. The van der Waals surface area contributed by atoms with Crippen LogP contribution >= 0.6 is 0 Å². The molecule has 8 heteroatoms. The summed E-state index contributed by atoms with van der Waals surface area (Å²) in [4.78, 5) is 0.468. The van der Waals surface area contributed by atoms with Crippen molar-refractivity contribution in [2.75, 3.05) is 6.54 Å². The summed E-state index contributed by atoms with van der Waals surface area (Å²) in [5.74, 6) is 0. The molecule has 0 aliphatic heterocycles. The van der Waals surface area contributed by atoms with Crippen molar-refractivity contribution in [2.45, 2.75) is 23.6 Å². The molecule has 23 heavy (non-hydrogen) atoms. The van der Waals surface area contributed by atoms with Crippen molar-refractivity contribution in [3.63, 3.8) is 0 Å². The van der Waals surface area contributed by atoms with Crippen molar-refractivity contribution in [3.8, 4) is 0 Å². The van der Waals surface area contributed by atoms with Crippen molar-refractivity contribution >= 4 is 20.0 Å². The molecule has 0 saturated carbocycles. The second-order valence-corrected chi connectivity index (χ2v) is 8.00. The number of hydrogen-bond donors (Lipinski definition) is 2. The van der Waals surface area contributed by atoms with Gasteiger partial charge in [-0.3, -0.25) is 0 Å². The van der Waals surface area contributed by atoms with Crippen LogP contribution in [0.15, 0.2) is 64.4 Å². The SMILES string of the molecule is CCNS(=O)(=O)c1ccccc1.Cc1ccc(S(N)(=O)=O)cc1. The fourth-order valence-electron chi connectivity index (χ4n) is 1.60. The lowest BCUT2D eigenvalue weighted by Gasteiger charge is -2.02. The molecular weight excluding hydrogens is 336 g/mol. The Morgan fingerprint density at radius 1 is 0.870 bits per heavy atom. The van der Waals surface area contributed by atoms with Crippen molar-refractivity contribution in [2.24, 2.45) is 5.14 Å². The Kier molecular flexibility index (Phi) is 6.89. The Morgan fingerprint density at radius 3 is 1.83 bits per heavy atom. The van der Waals surface area contributed by atoms with Gasteiger partial charge in [0.1, 0.15) is 0 Å². The van der Waals surface area contributed by atoms with Crippen LogP contribution in [0.1, 0.15) is 12.5 Å². The van der Waals surface area contributed by atoms with Gasteiger partial charge in [0.15, 0.2) is 0 Å². The Hall–Kier alpha value is -1.74. The van der Waals surface area contributed by atoms with E-state index in [1.165, 1.54) is 12.1 Å². The molecule has 2 rings (SSSR count). The second kappa shape index (κ2) is 8.21. The summed E-state index contributed by atoms with van der Waals surface area (Å²) in [6, 6.07) is 14.7. The Bertz CT molecular complexity index is 816. The van der Waals surface area contributed by atoms with Gasteiger partial charge in [-0.15, -0.1) is 0 Å². The predicted molar refractivity (Wildman–Crippen MR) is 89.9 cm³/mol. The van der Waals surface area contributed by atoms with Gasteiger partial charge in [0.2, 0.25) is 20.0 Å². The second-order valence-electron chi connectivity index (χ2n) is 4.67. The largest absolute Gasteiger partial charge is 0.240 e. The molecule has 6 nitrogen and oxygen atoms in total. The molecule has 2 aromatic carbocycles. The number of rotatable bonds is 4. The van der Waals surface area contributed by atoms with E-state index in [2.05, 4.69) is 4.72 Å². The highest BCUT2D eigenvalue weighted by Crippen LogP contribution is 2.07. The van der Waals surface area contributed by atoms with Crippen molar-refractivity contribution in [1.82, 2.24) is 4.72 Å². The average Bonchev–Trinajstić information content (AvgIpc) is 2.48. The van der Waals surface area contributed by atoms with Gasteiger partial charge in [-0.1, -0.05) is 42.8 Å². The molecule has 0 atom stereocenters. The van der Waals surface area contributed by atoms with Crippen molar-refractivity contribution < 1.29 is 16.8 Å². The fourth-order valence-corrected chi connectivity index (χ4v) is 3.18. The Morgan fingerprint density at radius 2 is 1.39 bits per heavy atom. The molecule has 0 aliphatic rings. The number of primary sulfonamides is 1. The van der Waals surface area contributed by atoms with E-state index in [1.807, 2.05) is 6.92 Å². The monoisotopic (exact) mass is 356 g/mol. The molecular formula is C15H20N2O4S2. The van der Waals surface area contributed by atoms with Gasteiger partial charge in [0, 0.05) is 6.54 Å². The zero-order valence-corrected chi connectivity index (χ0v) is 14.6. The summed E-state index contributed by atoms with van der Waals surface area (Å²) in [5.41, 5.74) is 1.01. The van der Waals surface area contributed by atoms with Crippen LogP contribution in [0.3, 0.4) is 0 Å². The summed E-state index contributed by atoms with van der Waals surface area (Å²) in [7, 11) is -6.78. The first-order valence-corrected chi connectivity index (χ1v) is 9.84. The molecule has 0 radical (unpaired) electrons.